The molecular weight excluding hydrogens is 354 g/mol. The van der Waals surface area contributed by atoms with Crippen LogP contribution >= 0.6 is 0 Å². The topological polar surface area (TPSA) is 135 Å². The van der Waals surface area contributed by atoms with Crippen molar-refractivity contribution >= 4 is 29.9 Å². The third-order valence-electron chi connectivity index (χ3n) is 3.72. The van der Waals surface area contributed by atoms with Gasteiger partial charge in [0.25, 0.3) is 0 Å². The molecule has 0 aromatic carbocycles. The van der Waals surface area contributed by atoms with Gasteiger partial charge < -0.3 is 23.7 Å². The second kappa shape index (κ2) is 7.68. The van der Waals surface area contributed by atoms with Crippen LogP contribution in [0.1, 0.15) is 27.7 Å². The summed E-state index contributed by atoms with van der Waals surface area (Å²) in [6.07, 6.45) is -5.58. The van der Waals surface area contributed by atoms with Gasteiger partial charge in [0.1, 0.15) is 18.8 Å². The van der Waals surface area contributed by atoms with Crippen molar-refractivity contribution in [2.45, 2.75) is 58.3 Å². The van der Waals surface area contributed by atoms with Gasteiger partial charge in [-0.25, -0.2) is 9.69 Å². The van der Waals surface area contributed by atoms with E-state index in [4.69, 9.17) is 23.7 Å². The summed E-state index contributed by atoms with van der Waals surface area (Å²) in [5.41, 5.74) is 0. The average Bonchev–Trinajstić information content (AvgIpc) is 2.98. The molecule has 0 aromatic rings. The molecule has 26 heavy (non-hydrogen) atoms. The first-order chi connectivity index (χ1) is 12.1. The van der Waals surface area contributed by atoms with Crippen LogP contribution < -0.4 is 0 Å². The van der Waals surface area contributed by atoms with Crippen LogP contribution in [0.25, 0.3) is 0 Å². The van der Waals surface area contributed by atoms with Crippen LogP contribution in [0.2, 0.25) is 0 Å². The van der Waals surface area contributed by atoms with Gasteiger partial charge >= 0.3 is 24.0 Å². The highest BCUT2D eigenvalue weighted by Crippen LogP contribution is 2.36. The third-order valence-corrected chi connectivity index (χ3v) is 3.72. The first kappa shape index (κ1) is 19.6. The quantitative estimate of drug-likeness (QED) is 0.458. The van der Waals surface area contributed by atoms with E-state index >= 15 is 0 Å². The van der Waals surface area contributed by atoms with Gasteiger partial charge in [-0.2, -0.15) is 0 Å². The van der Waals surface area contributed by atoms with Crippen molar-refractivity contribution < 1.29 is 47.7 Å². The first-order valence-corrected chi connectivity index (χ1v) is 7.75. The number of amides is 2. The highest BCUT2D eigenvalue weighted by molar-refractivity contribution is 5.92. The summed E-state index contributed by atoms with van der Waals surface area (Å²) in [7, 11) is 0. The molecule has 2 heterocycles. The van der Waals surface area contributed by atoms with Gasteiger partial charge in [0.15, 0.2) is 12.2 Å². The van der Waals surface area contributed by atoms with E-state index in [-0.39, 0.29) is 6.61 Å². The van der Waals surface area contributed by atoms with Gasteiger partial charge in [-0.05, 0) is 0 Å². The molecule has 0 bridgehead atoms. The number of carbonyl (C=O) groups is 5. The fourth-order valence-electron chi connectivity index (χ4n) is 2.88. The predicted molar refractivity (Wildman–Crippen MR) is 79.2 cm³/mol. The van der Waals surface area contributed by atoms with E-state index in [1.165, 1.54) is 0 Å². The van der Waals surface area contributed by atoms with E-state index in [0.29, 0.717) is 0 Å². The van der Waals surface area contributed by atoms with Crippen molar-refractivity contribution in [3.63, 3.8) is 0 Å². The molecule has 5 atom stereocenters. The zero-order chi connectivity index (χ0) is 19.6. The smallest absolute Gasteiger partial charge is 0.419 e. The molecule has 0 N–H and O–H groups in total. The molecule has 5 unspecified atom stereocenters. The normalized spacial score (nSPS) is 28.0. The van der Waals surface area contributed by atoms with Crippen LogP contribution in [0.3, 0.4) is 0 Å². The maximum absolute atomic E-state index is 11.8. The van der Waals surface area contributed by atoms with E-state index in [9.17, 15) is 24.0 Å². The molecule has 2 amide bonds. The van der Waals surface area contributed by atoms with Crippen LogP contribution in [0.4, 0.5) is 4.79 Å². The number of carbonyl (C=O) groups excluding carboxylic acids is 5. The molecule has 2 rings (SSSR count). The van der Waals surface area contributed by atoms with Crippen molar-refractivity contribution in [2.24, 2.45) is 0 Å². The number of nitrogens with zero attached hydrogens (tertiary/aromatic N) is 1. The Hall–Kier alpha value is -2.69. The molecule has 0 radical (unpaired) electrons. The monoisotopic (exact) mass is 373 g/mol. The Balaban J connectivity index is 2.31. The maximum atomic E-state index is 11.8. The largest absolute Gasteiger partial charge is 0.462 e. The minimum Gasteiger partial charge on any atom is -0.462 e. The minimum atomic E-state index is -1.21. The Bertz CT molecular complexity index is 632. The highest BCUT2D eigenvalue weighted by atomic mass is 16.7. The molecule has 2 fully saturated rings. The van der Waals surface area contributed by atoms with E-state index < -0.39 is 60.6 Å². The molecule has 2 saturated heterocycles. The Morgan fingerprint density at radius 2 is 1.73 bits per heavy atom. The Labute approximate surface area is 148 Å². The number of ether oxygens (including phenoxy) is 5. The van der Waals surface area contributed by atoms with Crippen LogP contribution in [-0.2, 0) is 42.9 Å². The third kappa shape index (κ3) is 4.10. The fourth-order valence-corrected chi connectivity index (χ4v) is 2.88. The van der Waals surface area contributed by atoms with Crippen molar-refractivity contribution in [1.82, 2.24) is 4.90 Å². The average molecular weight is 373 g/mol. The molecule has 0 saturated carbocycles. The molecule has 11 heteroatoms. The van der Waals surface area contributed by atoms with Crippen LogP contribution in [0.15, 0.2) is 0 Å². The minimum absolute atomic E-state index is 0.370. The molecule has 0 spiro atoms. The summed E-state index contributed by atoms with van der Waals surface area (Å²) in [6, 6.07) is -1.05. The van der Waals surface area contributed by atoms with Crippen LogP contribution in [-0.4, -0.2) is 72.1 Å². The highest BCUT2D eigenvalue weighted by Gasteiger charge is 2.61. The van der Waals surface area contributed by atoms with Crippen molar-refractivity contribution in [3.8, 4) is 0 Å². The lowest BCUT2D eigenvalue weighted by Gasteiger charge is -2.29. The number of rotatable bonds is 5. The van der Waals surface area contributed by atoms with Crippen molar-refractivity contribution in [1.29, 1.82) is 0 Å². The standard InChI is InChI=1S/C15H19NO10/c1-6(17)16-11-13(24-9(4)20)12(25-14(11)26-15(16)21)10(23-8(3)19)5-22-7(2)18/h10-14H,5H2,1-4H3. The van der Waals surface area contributed by atoms with E-state index in [1.54, 1.807) is 0 Å². The summed E-state index contributed by atoms with van der Waals surface area (Å²) in [5.74, 6) is -2.65. The Kier molecular flexibility index (Phi) is 5.80. The van der Waals surface area contributed by atoms with Gasteiger partial charge in [-0.3, -0.25) is 19.2 Å². The van der Waals surface area contributed by atoms with E-state index in [0.717, 1.165) is 32.6 Å². The zero-order valence-electron chi connectivity index (χ0n) is 14.6. The summed E-state index contributed by atoms with van der Waals surface area (Å²) in [4.78, 5) is 58.3. The summed E-state index contributed by atoms with van der Waals surface area (Å²) >= 11 is 0. The van der Waals surface area contributed by atoms with Crippen molar-refractivity contribution in [3.05, 3.63) is 0 Å². The molecule has 0 aromatic heterocycles. The summed E-state index contributed by atoms with van der Waals surface area (Å²) < 4.78 is 25.7. The van der Waals surface area contributed by atoms with E-state index in [1.807, 2.05) is 0 Å². The van der Waals surface area contributed by atoms with Gasteiger partial charge in [0.05, 0.1) is 0 Å². The first-order valence-electron chi connectivity index (χ1n) is 7.75. The summed E-state index contributed by atoms with van der Waals surface area (Å²) in [6.45, 7) is 4.21. The molecule has 144 valence electrons. The second-order valence-electron chi connectivity index (χ2n) is 5.76. The molecular formula is C15H19NO10. The molecule has 11 nitrogen and oxygen atoms in total. The van der Waals surface area contributed by atoms with Gasteiger partial charge in [-0.15, -0.1) is 0 Å². The van der Waals surface area contributed by atoms with Crippen LogP contribution in [0.5, 0.6) is 0 Å². The summed E-state index contributed by atoms with van der Waals surface area (Å²) in [5, 5.41) is 0. The Morgan fingerprint density at radius 1 is 1.08 bits per heavy atom. The number of hydrogen-bond acceptors (Lipinski definition) is 10. The number of hydrogen-bond donors (Lipinski definition) is 0. The van der Waals surface area contributed by atoms with Crippen molar-refractivity contribution in [2.75, 3.05) is 6.61 Å². The number of fused-ring (bicyclic) bond motifs is 1. The van der Waals surface area contributed by atoms with Gasteiger partial charge in [0, 0.05) is 27.7 Å². The van der Waals surface area contributed by atoms with E-state index in [2.05, 4.69) is 0 Å². The lowest BCUT2D eigenvalue weighted by atomic mass is 10.0. The number of imide groups is 1. The molecule has 0 aliphatic carbocycles. The predicted octanol–water partition coefficient (Wildman–Crippen LogP) is -0.495. The second-order valence-corrected chi connectivity index (χ2v) is 5.76. The van der Waals surface area contributed by atoms with Gasteiger partial charge in [-0.1, -0.05) is 0 Å². The fraction of sp³-hybridized carbons (Fsp3) is 0.667. The van der Waals surface area contributed by atoms with Crippen LogP contribution in [0, 0.1) is 0 Å². The SMILES string of the molecule is CC(=O)OCC(OC(C)=O)C1OC2OC(=O)N(C(C)=O)C2C1OC(C)=O. The number of esters is 3. The molecule has 2 aliphatic rings. The molecule has 2 aliphatic heterocycles. The zero-order valence-corrected chi connectivity index (χ0v) is 14.6. The maximum Gasteiger partial charge on any atom is 0.419 e. The lowest BCUT2D eigenvalue weighted by Crippen LogP contribution is -2.51. The Morgan fingerprint density at radius 3 is 2.23 bits per heavy atom. The van der Waals surface area contributed by atoms with Gasteiger partial charge in [0.2, 0.25) is 12.2 Å². The lowest BCUT2D eigenvalue weighted by molar-refractivity contribution is -0.182.